The van der Waals surface area contributed by atoms with Gasteiger partial charge in [0.05, 0.1) is 5.69 Å². The zero-order valence-corrected chi connectivity index (χ0v) is 11.1. The van der Waals surface area contributed by atoms with Gasteiger partial charge in [0.15, 0.2) is 0 Å². The molecule has 0 fully saturated rings. The smallest absolute Gasteiger partial charge is 0.207 e. The molecular formula is C12H12N6S. The zero-order valence-electron chi connectivity index (χ0n) is 10.2. The van der Waals surface area contributed by atoms with Crippen LogP contribution in [0.2, 0.25) is 0 Å². The number of aryl methyl sites for hydroxylation is 1. The van der Waals surface area contributed by atoms with Crippen molar-refractivity contribution in [1.29, 1.82) is 0 Å². The second-order valence-corrected chi connectivity index (χ2v) is 4.58. The van der Waals surface area contributed by atoms with Gasteiger partial charge < -0.3 is 5.84 Å². The Morgan fingerprint density at radius 3 is 2.74 bits per heavy atom. The summed E-state index contributed by atoms with van der Waals surface area (Å²) in [6.07, 6.45) is 1.86. The van der Waals surface area contributed by atoms with Crippen molar-refractivity contribution in [1.82, 2.24) is 24.7 Å². The monoisotopic (exact) mass is 272 g/mol. The fourth-order valence-electron chi connectivity index (χ4n) is 1.82. The molecule has 0 radical (unpaired) electrons. The first-order chi connectivity index (χ1) is 9.15. The van der Waals surface area contributed by atoms with Gasteiger partial charge in [-0.2, -0.15) is 5.10 Å². The lowest BCUT2D eigenvalue weighted by atomic mass is 10.2. The topological polar surface area (TPSA) is 74.5 Å². The molecule has 7 heteroatoms. The molecule has 0 aliphatic carbocycles. The number of nitrogens with zero attached hydrogens (tertiary/aromatic N) is 5. The molecule has 2 N–H and O–H groups in total. The first kappa shape index (κ1) is 11.8. The first-order valence-corrected chi connectivity index (χ1v) is 6.12. The molecule has 3 aromatic rings. The molecule has 96 valence electrons. The van der Waals surface area contributed by atoms with Crippen molar-refractivity contribution in [2.45, 2.75) is 12.1 Å². The van der Waals surface area contributed by atoms with E-state index in [0.717, 1.165) is 5.69 Å². The van der Waals surface area contributed by atoms with Crippen LogP contribution in [0.15, 0.2) is 41.7 Å². The van der Waals surface area contributed by atoms with Gasteiger partial charge in [-0.25, -0.2) is 9.36 Å². The molecule has 3 rings (SSSR count). The van der Waals surface area contributed by atoms with Crippen LogP contribution in [-0.4, -0.2) is 24.7 Å². The van der Waals surface area contributed by atoms with Crippen molar-refractivity contribution < 1.29 is 0 Å². The molecule has 0 amide bonds. The average molecular weight is 272 g/mol. The van der Waals surface area contributed by atoms with E-state index in [1.54, 1.807) is 4.68 Å². The third-order valence-corrected chi connectivity index (χ3v) is 3.07. The summed E-state index contributed by atoms with van der Waals surface area (Å²) in [7, 11) is 0. The van der Waals surface area contributed by atoms with Gasteiger partial charge in [-0.3, -0.25) is 0 Å². The van der Waals surface area contributed by atoms with E-state index < -0.39 is 0 Å². The van der Waals surface area contributed by atoms with Gasteiger partial charge in [0.2, 0.25) is 11.0 Å². The summed E-state index contributed by atoms with van der Waals surface area (Å²) in [6.45, 7) is 2.04. The van der Waals surface area contributed by atoms with E-state index in [1.165, 1.54) is 10.2 Å². The minimum absolute atomic E-state index is 0.347. The van der Waals surface area contributed by atoms with Crippen LogP contribution in [0.4, 0.5) is 0 Å². The maximum Gasteiger partial charge on any atom is 0.207 e. The van der Waals surface area contributed by atoms with Gasteiger partial charge in [0.1, 0.15) is 5.69 Å². The van der Waals surface area contributed by atoms with E-state index in [0.29, 0.717) is 16.7 Å². The van der Waals surface area contributed by atoms with Crippen LogP contribution in [-0.2, 0) is 0 Å². The number of thiol groups is 1. The van der Waals surface area contributed by atoms with Gasteiger partial charge in [0.25, 0.3) is 0 Å². The van der Waals surface area contributed by atoms with Gasteiger partial charge in [-0.05, 0) is 30.7 Å². The number of rotatable bonds is 2. The number of benzene rings is 1. The summed E-state index contributed by atoms with van der Waals surface area (Å²) in [5, 5.41) is 12.5. The fourth-order valence-corrected chi connectivity index (χ4v) is 1.95. The highest BCUT2D eigenvalue weighted by Gasteiger charge is 2.12. The summed E-state index contributed by atoms with van der Waals surface area (Å²) in [4.78, 5) is 0. The highest BCUT2D eigenvalue weighted by Crippen LogP contribution is 2.17. The van der Waals surface area contributed by atoms with Crippen molar-refractivity contribution in [3.63, 3.8) is 0 Å². The molecule has 0 unspecified atom stereocenters. The Morgan fingerprint density at radius 1 is 1.21 bits per heavy atom. The van der Waals surface area contributed by atoms with Gasteiger partial charge in [-0.1, -0.05) is 12.1 Å². The highest BCUT2D eigenvalue weighted by molar-refractivity contribution is 7.80. The molecule has 0 spiro atoms. The van der Waals surface area contributed by atoms with Crippen molar-refractivity contribution in [2.24, 2.45) is 0 Å². The fraction of sp³-hybridized carbons (Fsp3) is 0.0833. The maximum atomic E-state index is 5.77. The van der Waals surface area contributed by atoms with Crippen molar-refractivity contribution >= 4 is 12.6 Å². The Labute approximate surface area is 115 Å². The number of nitrogen functional groups attached to an aromatic ring is 1. The molecule has 0 aliphatic heterocycles. The van der Waals surface area contributed by atoms with Crippen LogP contribution in [0, 0.1) is 6.92 Å². The Hall–Kier alpha value is -2.28. The van der Waals surface area contributed by atoms with Crippen LogP contribution < -0.4 is 5.84 Å². The lowest BCUT2D eigenvalue weighted by Crippen LogP contribution is -2.10. The largest absolute Gasteiger partial charge is 0.335 e. The van der Waals surface area contributed by atoms with Crippen molar-refractivity contribution in [2.75, 3.05) is 5.84 Å². The minimum atomic E-state index is 0.347. The summed E-state index contributed by atoms with van der Waals surface area (Å²) in [6, 6.07) is 9.90. The molecule has 0 saturated heterocycles. The third kappa shape index (κ3) is 2.08. The zero-order chi connectivity index (χ0) is 13.4. The van der Waals surface area contributed by atoms with Gasteiger partial charge in [-0.15, -0.1) is 22.8 Å². The molecule has 0 bridgehead atoms. The second kappa shape index (κ2) is 4.43. The lowest BCUT2D eigenvalue weighted by Gasteiger charge is -2.02. The number of nitrogens with two attached hydrogens (primary N) is 1. The molecule has 2 heterocycles. The second-order valence-electron chi connectivity index (χ2n) is 4.18. The van der Waals surface area contributed by atoms with E-state index in [1.807, 2.05) is 43.5 Å². The molecule has 6 nitrogen and oxygen atoms in total. The van der Waals surface area contributed by atoms with Crippen LogP contribution in [0.25, 0.3) is 17.2 Å². The van der Waals surface area contributed by atoms with Crippen molar-refractivity contribution in [3.05, 3.63) is 42.1 Å². The Balaban J connectivity index is 2.02. The predicted molar refractivity (Wildman–Crippen MR) is 74.7 cm³/mol. The number of hydrogen-bond acceptors (Lipinski definition) is 5. The average Bonchev–Trinajstić information content (AvgIpc) is 2.98. The molecular weight excluding hydrogens is 260 g/mol. The summed E-state index contributed by atoms with van der Waals surface area (Å²) in [5.74, 6) is 6.26. The molecule has 19 heavy (non-hydrogen) atoms. The van der Waals surface area contributed by atoms with Crippen LogP contribution >= 0.6 is 12.6 Å². The first-order valence-electron chi connectivity index (χ1n) is 5.68. The SMILES string of the molecule is Cc1cccc(-n2ccc(-c3nnc(S)n3N)n2)c1. The predicted octanol–water partition coefficient (Wildman–Crippen LogP) is 1.44. The van der Waals surface area contributed by atoms with E-state index in [2.05, 4.69) is 27.9 Å². The van der Waals surface area contributed by atoms with Crippen molar-refractivity contribution in [3.8, 4) is 17.2 Å². The van der Waals surface area contributed by atoms with Crippen LogP contribution in [0.3, 0.4) is 0 Å². The van der Waals surface area contributed by atoms with Gasteiger partial charge in [0, 0.05) is 6.20 Å². The van der Waals surface area contributed by atoms with Gasteiger partial charge >= 0.3 is 0 Å². The maximum absolute atomic E-state index is 5.77. The van der Waals surface area contributed by atoms with E-state index in [9.17, 15) is 0 Å². The van der Waals surface area contributed by atoms with Crippen LogP contribution in [0.1, 0.15) is 5.56 Å². The Bertz CT molecular complexity index is 729. The summed E-state index contributed by atoms with van der Waals surface area (Å²) in [5.41, 5.74) is 2.81. The molecule has 1 aromatic carbocycles. The highest BCUT2D eigenvalue weighted by atomic mass is 32.1. The van der Waals surface area contributed by atoms with E-state index >= 15 is 0 Å². The number of aromatic nitrogens is 5. The molecule has 0 aliphatic rings. The summed E-state index contributed by atoms with van der Waals surface area (Å²) >= 11 is 4.09. The quantitative estimate of drug-likeness (QED) is 0.547. The molecule has 0 saturated carbocycles. The standard InChI is InChI=1S/C12H12N6S/c1-8-3-2-4-9(7-8)17-6-5-10(16-17)11-14-15-12(19)18(11)13/h2-7H,13H2,1H3,(H,15,19). The third-order valence-electron chi connectivity index (χ3n) is 2.76. The normalized spacial score (nSPS) is 10.8. The van der Waals surface area contributed by atoms with Crippen LogP contribution in [0.5, 0.6) is 0 Å². The lowest BCUT2D eigenvalue weighted by molar-refractivity contribution is 0.844. The Morgan fingerprint density at radius 2 is 2.05 bits per heavy atom. The summed E-state index contributed by atoms with van der Waals surface area (Å²) < 4.78 is 3.07. The van der Waals surface area contributed by atoms with E-state index in [-0.39, 0.29) is 0 Å². The number of hydrogen-bond donors (Lipinski definition) is 2. The Kier molecular flexibility index (Phi) is 2.75. The molecule has 0 atom stereocenters. The van der Waals surface area contributed by atoms with E-state index in [4.69, 9.17) is 5.84 Å². The molecule has 2 aromatic heterocycles. The minimum Gasteiger partial charge on any atom is -0.335 e.